The van der Waals surface area contributed by atoms with E-state index in [1.807, 2.05) is 0 Å². The van der Waals surface area contributed by atoms with Gasteiger partial charge >= 0.3 is 0 Å². The summed E-state index contributed by atoms with van der Waals surface area (Å²) in [5.41, 5.74) is 0. The second-order valence-electron chi connectivity index (χ2n) is 4.22. The Labute approximate surface area is 105 Å². The van der Waals surface area contributed by atoms with Crippen LogP contribution in [0.5, 0.6) is 0 Å². The zero-order chi connectivity index (χ0) is 12.8. The first-order valence-electron chi connectivity index (χ1n) is 6.79. The molecule has 0 fully saturated rings. The average Bonchev–Trinajstić information content (AvgIpc) is 2.34. The molecule has 0 aromatic carbocycles. The average molecular weight is 248 g/mol. The fourth-order valence-electron chi connectivity index (χ4n) is 1.43. The minimum absolute atomic E-state index is 0.198. The molecule has 0 spiro atoms. The van der Waals surface area contributed by atoms with Crippen LogP contribution in [0.2, 0.25) is 0 Å². The van der Waals surface area contributed by atoms with E-state index in [-0.39, 0.29) is 6.61 Å². The molecule has 104 valence electrons. The Morgan fingerprint density at radius 3 is 2.35 bits per heavy atom. The lowest BCUT2D eigenvalue weighted by Crippen LogP contribution is -2.12. The maximum Gasteiger partial charge on any atom is 0.154 e. The molecule has 0 aliphatic carbocycles. The maximum absolute atomic E-state index is 9.41. The van der Waals surface area contributed by atoms with E-state index >= 15 is 0 Å². The van der Waals surface area contributed by atoms with Crippen LogP contribution in [0.4, 0.5) is 0 Å². The van der Waals surface area contributed by atoms with Gasteiger partial charge < -0.3 is 19.7 Å². The summed E-state index contributed by atoms with van der Waals surface area (Å²) in [5.74, 6) is 0. The molecule has 0 bridgehead atoms. The van der Waals surface area contributed by atoms with Crippen molar-refractivity contribution in [1.82, 2.24) is 0 Å². The van der Waals surface area contributed by atoms with Crippen molar-refractivity contribution in [3.63, 3.8) is 0 Å². The summed E-state index contributed by atoms with van der Waals surface area (Å²) in [6, 6.07) is 0. The monoisotopic (exact) mass is 248 g/mol. The quantitative estimate of drug-likeness (QED) is 0.387. The van der Waals surface area contributed by atoms with Gasteiger partial charge in [0.25, 0.3) is 0 Å². The predicted octanol–water partition coefficient (Wildman–Crippen LogP) is 2.08. The maximum atomic E-state index is 9.41. The molecule has 0 aromatic rings. The second-order valence-corrected chi connectivity index (χ2v) is 4.22. The molecule has 0 rings (SSSR count). The van der Waals surface area contributed by atoms with Gasteiger partial charge in [-0.15, -0.1) is 0 Å². The van der Waals surface area contributed by atoms with E-state index in [2.05, 4.69) is 6.92 Å². The lowest BCUT2D eigenvalue weighted by molar-refractivity contribution is -0.105. The lowest BCUT2D eigenvalue weighted by Gasteiger charge is -2.11. The fourth-order valence-corrected chi connectivity index (χ4v) is 1.43. The van der Waals surface area contributed by atoms with Crippen LogP contribution in [0.3, 0.4) is 0 Å². The van der Waals surface area contributed by atoms with Gasteiger partial charge in [0.15, 0.2) is 6.29 Å². The molecule has 0 saturated heterocycles. The highest BCUT2D eigenvalue weighted by Crippen LogP contribution is 2.04. The molecule has 1 atom stereocenters. The fraction of sp³-hybridized carbons (Fsp3) is 1.00. The molecule has 0 radical (unpaired) electrons. The summed E-state index contributed by atoms with van der Waals surface area (Å²) < 4.78 is 10.6. The van der Waals surface area contributed by atoms with Crippen molar-refractivity contribution in [3.05, 3.63) is 0 Å². The Kier molecular flexibility index (Phi) is 13.8. The summed E-state index contributed by atoms with van der Waals surface area (Å²) in [4.78, 5) is 0. The third-order valence-corrected chi connectivity index (χ3v) is 2.49. The largest absolute Gasteiger partial charge is 0.396 e. The molecule has 0 saturated carbocycles. The SMILES string of the molecule is CCCCC(O)OCCCCCOCCCO. The number of ether oxygens (including phenoxy) is 2. The molecule has 0 amide bonds. The van der Waals surface area contributed by atoms with Crippen molar-refractivity contribution >= 4 is 0 Å². The Bertz CT molecular complexity index is 141. The Morgan fingerprint density at radius 2 is 1.65 bits per heavy atom. The second kappa shape index (κ2) is 13.9. The third-order valence-electron chi connectivity index (χ3n) is 2.49. The van der Waals surface area contributed by atoms with E-state index in [1.54, 1.807) is 0 Å². The zero-order valence-corrected chi connectivity index (χ0v) is 11.1. The molecular formula is C13H28O4. The molecule has 1 unspecified atom stereocenters. The van der Waals surface area contributed by atoms with E-state index < -0.39 is 6.29 Å². The molecular weight excluding hydrogens is 220 g/mol. The van der Waals surface area contributed by atoms with Gasteiger partial charge in [0.1, 0.15) is 0 Å². The third kappa shape index (κ3) is 13.8. The summed E-state index contributed by atoms with van der Waals surface area (Å²) in [6.07, 6.45) is 6.00. The van der Waals surface area contributed by atoms with Gasteiger partial charge in [-0.1, -0.05) is 13.3 Å². The predicted molar refractivity (Wildman–Crippen MR) is 67.9 cm³/mol. The summed E-state index contributed by atoms with van der Waals surface area (Å²) in [7, 11) is 0. The Balaban J connectivity index is 3.02. The molecule has 0 aliphatic rings. The van der Waals surface area contributed by atoms with Crippen LogP contribution < -0.4 is 0 Å². The first-order chi connectivity index (χ1) is 8.31. The Morgan fingerprint density at radius 1 is 0.941 bits per heavy atom. The van der Waals surface area contributed by atoms with Crippen molar-refractivity contribution in [2.45, 2.75) is 58.2 Å². The number of rotatable bonds is 13. The number of aliphatic hydroxyl groups excluding tert-OH is 2. The van der Waals surface area contributed by atoms with Gasteiger partial charge in [0.2, 0.25) is 0 Å². The number of aliphatic hydroxyl groups is 2. The normalized spacial score (nSPS) is 12.9. The van der Waals surface area contributed by atoms with Crippen LogP contribution in [0.1, 0.15) is 51.9 Å². The van der Waals surface area contributed by atoms with Gasteiger partial charge in [0.05, 0.1) is 0 Å². The van der Waals surface area contributed by atoms with Gasteiger partial charge in [-0.2, -0.15) is 0 Å². The van der Waals surface area contributed by atoms with E-state index in [4.69, 9.17) is 14.6 Å². The summed E-state index contributed by atoms with van der Waals surface area (Å²) in [6.45, 7) is 4.32. The van der Waals surface area contributed by atoms with E-state index in [9.17, 15) is 5.11 Å². The van der Waals surface area contributed by atoms with Crippen LogP contribution in [0.15, 0.2) is 0 Å². The van der Waals surface area contributed by atoms with Crippen molar-refractivity contribution < 1.29 is 19.7 Å². The topological polar surface area (TPSA) is 58.9 Å². The minimum atomic E-state index is -0.587. The van der Waals surface area contributed by atoms with Crippen LogP contribution >= 0.6 is 0 Å². The van der Waals surface area contributed by atoms with E-state index in [0.29, 0.717) is 19.6 Å². The van der Waals surface area contributed by atoms with Crippen molar-refractivity contribution in [1.29, 1.82) is 0 Å². The number of hydrogen-bond acceptors (Lipinski definition) is 4. The van der Waals surface area contributed by atoms with E-state index in [1.165, 1.54) is 0 Å². The molecule has 0 aromatic heterocycles. The molecule has 4 heteroatoms. The van der Waals surface area contributed by atoms with Crippen LogP contribution in [0.25, 0.3) is 0 Å². The van der Waals surface area contributed by atoms with Crippen LogP contribution in [0, 0.1) is 0 Å². The standard InChI is InChI=1S/C13H28O4/c1-2-3-8-13(15)17-12-6-4-5-10-16-11-7-9-14/h13-15H,2-12H2,1H3. The molecule has 4 nitrogen and oxygen atoms in total. The van der Waals surface area contributed by atoms with Gasteiger partial charge in [-0.05, 0) is 38.5 Å². The number of unbranched alkanes of at least 4 members (excludes halogenated alkanes) is 3. The van der Waals surface area contributed by atoms with Crippen molar-refractivity contribution in [2.24, 2.45) is 0 Å². The zero-order valence-electron chi connectivity index (χ0n) is 11.1. The van der Waals surface area contributed by atoms with Crippen molar-refractivity contribution in [3.8, 4) is 0 Å². The van der Waals surface area contributed by atoms with Crippen LogP contribution in [-0.2, 0) is 9.47 Å². The Hall–Kier alpha value is -0.160. The molecule has 17 heavy (non-hydrogen) atoms. The first-order valence-corrected chi connectivity index (χ1v) is 6.79. The first kappa shape index (κ1) is 16.8. The van der Waals surface area contributed by atoms with Crippen LogP contribution in [-0.4, -0.2) is 42.9 Å². The molecule has 2 N–H and O–H groups in total. The molecule has 0 aliphatic heterocycles. The van der Waals surface area contributed by atoms with Crippen molar-refractivity contribution in [2.75, 3.05) is 26.4 Å². The van der Waals surface area contributed by atoms with Gasteiger partial charge in [-0.25, -0.2) is 0 Å². The van der Waals surface area contributed by atoms with Gasteiger partial charge in [-0.3, -0.25) is 0 Å². The highest BCUT2D eigenvalue weighted by molar-refractivity contribution is 4.45. The highest BCUT2D eigenvalue weighted by Gasteiger charge is 2.02. The highest BCUT2D eigenvalue weighted by atomic mass is 16.6. The van der Waals surface area contributed by atoms with E-state index in [0.717, 1.165) is 45.1 Å². The summed E-state index contributed by atoms with van der Waals surface area (Å²) >= 11 is 0. The number of hydrogen-bond donors (Lipinski definition) is 2. The minimum Gasteiger partial charge on any atom is -0.396 e. The smallest absolute Gasteiger partial charge is 0.154 e. The summed E-state index contributed by atoms with van der Waals surface area (Å²) in [5, 5.41) is 17.9. The molecule has 0 heterocycles. The van der Waals surface area contributed by atoms with Gasteiger partial charge in [0, 0.05) is 26.4 Å². The lowest BCUT2D eigenvalue weighted by atomic mass is 10.2.